The maximum Gasteiger partial charge on any atom is 0.410 e. The Bertz CT molecular complexity index is 1200. The number of amides is 1. The van der Waals surface area contributed by atoms with Gasteiger partial charge in [0.25, 0.3) is 0 Å². The maximum absolute atomic E-state index is 13.3. The largest absolute Gasteiger partial charge is 0.448 e. The molecule has 2 bridgehead atoms. The maximum atomic E-state index is 13.3. The van der Waals surface area contributed by atoms with Crippen LogP contribution in [-0.2, 0) is 15.9 Å². The Morgan fingerprint density at radius 3 is 2.26 bits per heavy atom. The number of ether oxygens (including phenoxy) is 2. The van der Waals surface area contributed by atoms with Crippen LogP contribution in [0.3, 0.4) is 0 Å². The van der Waals surface area contributed by atoms with E-state index in [2.05, 4.69) is 85.8 Å². The summed E-state index contributed by atoms with van der Waals surface area (Å²) in [6, 6.07) is 25.6. The average Bonchev–Trinajstić information content (AvgIpc) is 3.20. The molecule has 0 spiro atoms. The van der Waals surface area contributed by atoms with E-state index in [1.807, 2.05) is 4.90 Å². The minimum absolute atomic E-state index is 0.000234. The number of carbonyl (C=O) groups is 1. The van der Waals surface area contributed by atoms with Crippen molar-refractivity contribution in [3.63, 3.8) is 0 Å². The summed E-state index contributed by atoms with van der Waals surface area (Å²) in [4.78, 5) is 15.2. The summed E-state index contributed by atoms with van der Waals surface area (Å²) >= 11 is 0. The lowest BCUT2D eigenvalue weighted by molar-refractivity contribution is -0.0331. The molecular formula is C30H29NO3. The van der Waals surface area contributed by atoms with Crippen LogP contribution in [0.4, 0.5) is 4.79 Å². The van der Waals surface area contributed by atoms with Crippen LogP contribution in [0.25, 0.3) is 16.7 Å². The highest BCUT2D eigenvalue weighted by Crippen LogP contribution is 2.44. The molecule has 4 nitrogen and oxygen atoms in total. The van der Waals surface area contributed by atoms with Crippen molar-refractivity contribution >= 4 is 11.7 Å². The fraction of sp³-hybridized carbons (Fsp3) is 0.300. The van der Waals surface area contributed by atoms with Crippen LogP contribution in [0, 0.1) is 0 Å². The number of aryl methyl sites for hydroxylation is 1. The van der Waals surface area contributed by atoms with Crippen molar-refractivity contribution in [2.24, 2.45) is 0 Å². The average molecular weight is 452 g/mol. The molecule has 0 saturated carbocycles. The Hall–Kier alpha value is -3.37. The number of hydrogen-bond donors (Lipinski definition) is 0. The van der Waals surface area contributed by atoms with Gasteiger partial charge in [-0.05, 0) is 51.8 Å². The molecule has 34 heavy (non-hydrogen) atoms. The lowest BCUT2D eigenvalue weighted by atomic mass is 9.89. The van der Waals surface area contributed by atoms with Crippen LogP contribution in [0.15, 0.2) is 78.9 Å². The quantitative estimate of drug-likeness (QED) is 0.484. The Kier molecular flexibility index (Phi) is 5.46. The van der Waals surface area contributed by atoms with E-state index in [1.54, 1.807) is 0 Å². The first kappa shape index (κ1) is 21.2. The van der Waals surface area contributed by atoms with E-state index in [0.717, 1.165) is 12.8 Å². The summed E-state index contributed by atoms with van der Waals surface area (Å²) in [7, 11) is 0. The second-order valence-electron chi connectivity index (χ2n) is 9.42. The van der Waals surface area contributed by atoms with Crippen LogP contribution < -0.4 is 0 Å². The van der Waals surface area contributed by atoms with Crippen molar-refractivity contribution in [1.82, 2.24) is 4.90 Å². The van der Waals surface area contributed by atoms with Crippen molar-refractivity contribution in [1.29, 1.82) is 0 Å². The van der Waals surface area contributed by atoms with Gasteiger partial charge in [-0.25, -0.2) is 4.79 Å². The zero-order chi connectivity index (χ0) is 23.1. The molecule has 1 aliphatic carbocycles. The predicted octanol–water partition coefficient (Wildman–Crippen LogP) is 6.05. The van der Waals surface area contributed by atoms with Gasteiger partial charge >= 0.3 is 6.09 Å². The number of carbonyl (C=O) groups excluding carboxylic acids is 1. The SMILES string of the molecule is CCc1ccc(C2=CC3COCC(C2)N3C(=O)OCC2c3ccccc3-c3ccccc32)cc1. The summed E-state index contributed by atoms with van der Waals surface area (Å²) in [6.45, 7) is 3.57. The fourth-order valence-electron chi connectivity index (χ4n) is 5.72. The summed E-state index contributed by atoms with van der Waals surface area (Å²) < 4.78 is 11.8. The smallest absolute Gasteiger partial charge is 0.410 e. The monoisotopic (exact) mass is 451 g/mol. The third-order valence-corrected chi connectivity index (χ3v) is 7.48. The molecule has 1 amide bonds. The number of morpholine rings is 1. The number of benzene rings is 3. The Morgan fingerprint density at radius 1 is 0.941 bits per heavy atom. The number of hydrogen-bond acceptors (Lipinski definition) is 3. The zero-order valence-electron chi connectivity index (χ0n) is 19.4. The molecule has 172 valence electrons. The minimum Gasteiger partial charge on any atom is -0.448 e. The van der Waals surface area contributed by atoms with Crippen LogP contribution in [0.1, 0.15) is 41.5 Å². The molecule has 1 saturated heterocycles. The topological polar surface area (TPSA) is 38.8 Å². The van der Waals surface area contributed by atoms with Crippen molar-refractivity contribution < 1.29 is 14.3 Å². The summed E-state index contributed by atoms with van der Waals surface area (Å²) in [5.41, 5.74) is 8.81. The van der Waals surface area contributed by atoms with Gasteiger partial charge < -0.3 is 9.47 Å². The highest BCUT2D eigenvalue weighted by Gasteiger charge is 2.39. The van der Waals surface area contributed by atoms with Gasteiger partial charge in [0.05, 0.1) is 25.3 Å². The number of rotatable bonds is 4. The second kappa shape index (κ2) is 8.77. The van der Waals surface area contributed by atoms with Crippen molar-refractivity contribution in [3.05, 3.63) is 101 Å². The molecular weight excluding hydrogens is 422 g/mol. The van der Waals surface area contributed by atoms with E-state index in [9.17, 15) is 4.79 Å². The molecule has 4 heteroatoms. The fourth-order valence-corrected chi connectivity index (χ4v) is 5.72. The van der Waals surface area contributed by atoms with Gasteiger partial charge in [0, 0.05) is 5.92 Å². The first-order valence-electron chi connectivity index (χ1n) is 12.2. The molecule has 3 aromatic rings. The van der Waals surface area contributed by atoms with E-state index < -0.39 is 0 Å². The van der Waals surface area contributed by atoms with Gasteiger partial charge in [0.1, 0.15) is 6.61 Å². The van der Waals surface area contributed by atoms with Gasteiger partial charge in [-0.2, -0.15) is 0 Å². The van der Waals surface area contributed by atoms with Crippen molar-refractivity contribution in [2.75, 3.05) is 19.8 Å². The van der Waals surface area contributed by atoms with Gasteiger partial charge in [-0.3, -0.25) is 4.90 Å². The van der Waals surface area contributed by atoms with E-state index in [1.165, 1.54) is 39.0 Å². The van der Waals surface area contributed by atoms with Crippen molar-refractivity contribution in [2.45, 2.75) is 37.8 Å². The normalized spacial score (nSPS) is 21.0. The van der Waals surface area contributed by atoms with Gasteiger partial charge in [-0.1, -0.05) is 85.8 Å². The van der Waals surface area contributed by atoms with Crippen LogP contribution in [0.2, 0.25) is 0 Å². The van der Waals surface area contributed by atoms with E-state index in [4.69, 9.17) is 9.47 Å². The van der Waals surface area contributed by atoms with Gasteiger partial charge in [0.15, 0.2) is 0 Å². The molecule has 0 aromatic heterocycles. The second-order valence-corrected chi connectivity index (χ2v) is 9.42. The molecule has 3 aromatic carbocycles. The van der Waals surface area contributed by atoms with E-state index in [0.29, 0.717) is 19.8 Å². The molecule has 0 N–H and O–H groups in total. The molecule has 6 rings (SSSR count). The molecule has 2 heterocycles. The zero-order valence-corrected chi connectivity index (χ0v) is 19.4. The standard InChI is InChI=1S/C30H29NO3/c1-2-20-11-13-21(14-12-20)22-15-23-17-33-18-24(16-22)31(23)30(32)34-19-29-27-9-5-3-7-25(27)26-8-4-6-10-28(26)29/h3-15,23-24,29H,2,16-19H2,1H3. The summed E-state index contributed by atoms with van der Waals surface area (Å²) in [6.07, 6.45) is 3.77. The highest BCUT2D eigenvalue weighted by molar-refractivity contribution is 5.79. The third-order valence-electron chi connectivity index (χ3n) is 7.48. The Labute approximate surface area is 200 Å². The molecule has 2 unspecified atom stereocenters. The summed E-state index contributed by atoms with van der Waals surface area (Å²) in [5, 5.41) is 0. The van der Waals surface area contributed by atoms with Gasteiger partial charge in [0.2, 0.25) is 0 Å². The molecule has 2 aliphatic heterocycles. The van der Waals surface area contributed by atoms with Crippen LogP contribution in [-0.4, -0.2) is 42.9 Å². The Balaban J connectivity index is 1.20. The third kappa shape index (κ3) is 3.63. The van der Waals surface area contributed by atoms with Crippen LogP contribution in [0.5, 0.6) is 0 Å². The first-order chi connectivity index (χ1) is 16.7. The highest BCUT2D eigenvalue weighted by atomic mass is 16.6. The van der Waals surface area contributed by atoms with Crippen molar-refractivity contribution in [3.8, 4) is 11.1 Å². The minimum atomic E-state index is -0.239. The predicted molar refractivity (Wildman–Crippen MR) is 134 cm³/mol. The molecule has 1 fully saturated rings. The number of fused-ring (bicyclic) bond motifs is 5. The lowest BCUT2D eigenvalue weighted by Crippen LogP contribution is -2.56. The molecule has 0 radical (unpaired) electrons. The number of nitrogens with zero attached hydrogens (tertiary/aromatic N) is 1. The lowest BCUT2D eigenvalue weighted by Gasteiger charge is -2.44. The first-order valence-corrected chi connectivity index (χ1v) is 12.2. The van der Waals surface area contributed by atoms with Gasteiger partial charge in [-0.15, -0.1) is 0 Å². The van der Waals surface area contributed by atoms with E-state index >= 15 is 0 Å². The summed E-state index contributed by atoms with van der Waals surface area (Å²) in [5.74, 6) is 0.0698. The van der Waals surface area contributed by atoms with Crippen LogP contribution >= 0.6 is 0 Å². The Morgan fingerprint density at radius 2 is 1.62 bits per heavy atom. The molecule has 3 aliphatic rings. The van der Waals surface area contributed by atoms with E-state index in [-0.39, 0.29) is 24.1 Å². The molecule has 2 atom stereocenters.